The van der Waals surface area contributed by atoms with Crippen molar-refractivity contribution in [3.05, 3.63) is 54.1 Å². The van der Waals surface area contributed by atoms with Gasteiger partial charge in [0.1, 0.15) is 0 Å². The molecule has 0 aromatic heterocycles. The van der Waals surface area contributed by atoms with Gasteiger partial charge in [-0.3, -0.25) is 4.79 Å². The minimum Gasteiger partial charge on any atom is -0.399 e. The molecule has 0 saturated heterocycles. The lowest BCUT2D eigenvalue weighted by atomic mass is 10.1. The topological polar surface area (TPSA) is 58.4 Å². The number of carbonyl (C=O) groups is 1. The first kappa shape index (κ1) is 13.5. The van der Waals surface area contributed by atoms with Crippen molar-refractivity contribution >= 4 is 23.0 Å². The van der Waals surface area contributed by atoms with Crippen molar-refractivity contribution in [2.45, 2.75) is 19.4 Å². The molecule has 3 rings (SSSR count). The van der Waals surface area contributed by atoms with Gasteiger partial charge in [-0.1, -0.05) is 18.2 Å². The number of nitrogens with two attached hydrogens (primary N) is 1. The molecule has 1 heterocycles. The summed E-state index contributed by atoms with van der Waals surface area (Å²) in [6, 6.07) is 15.8. The van der Waals surface area contributed by atoms with Crippen LogP contribution in [0.3, 0.4) is 0 Å². The molecule has 0 saturated carbocycles. The predicted molar refractivity (Wildman–Crippen MR) is 86.4 cm³/mol. The molecule has 3 N–H and O–H groups in total. The first-order chi connectivity index (χ1) is 10.1. The Kier molecular flexibility index (Phi) is 3.52. The zero-order valence-electron chi connectivity index (χ0n) is 12.0. The van der Waals surface area contributed by atoms with E-state index in [4.69, 9.17) is 5.73 Å². The van der Waals surface area contributed by atoms with E-state index in [9.17, 15) is 4.79 Å². The van der Waals surface area contributed by atoms with Crippen LogP contribution in [0.4, 0.5) is 17.1 Å². The lowest BCUT2D eigenvalue weighted by Crippen LogP contribution is -2.37. The molecule has 1 aliphatic heterocycles. The van der Waals surface area contributed by atoms with Crippen LogP contribution in [-0.4, -0.2) is 18.5 Å². The Morgan fingerprint density at radius 3 is 2.71 bits per heavy atom. The number of para-hydroxylation sites is 1. The number of hydrogen-bond donors (Lipinski definition) is 2. The summed E-state index contributed by atoms with van der Waals surface area (Å²) in [5, 5.41) is 2.91. The van der Waals surface area contributed by atoms with Crippen molar-refractivity contribution < 1.29 is 4.79 Å². The summed E-state index contributed by atoms with van der Waals surface area (Å²) >= 11 is 0. The Bertz CT molecular complexity index is 651. The SMILES string of the molecule is CC1Cc2ccccc2N1CC(=O)Nc1ccc(N)cc1. The summed E-state index contributed by atoms with van der Waals surface area (Å²) in [5.41, 5.74) is 9.58. The van der Waals surface area contributed by atoms with E-state index < -0.39 is 0 Å². The Labute approximate surface area is 124 Å². The standard InChI is InChI=1S/C17H19N3O/c1-12-10-13-4-2-3-5-16(13)20(12)11-17(21)19-15-8-6-14(18)7-9-15/h2-9,12H,10-11,18H2,1H3,(H,19,21). The molecule has 1 aliphatic rings. The first-order valence-electron chi connectivity index (χ1n) is 7.13. The van der Waals surface area contributed by atoms with Gasteiger partial charge in [0.05, 0.1) is 6.54 Å². The van der Waals surface area contributed by atoms with Gasteiger partial charge < -0.3 is 16.0 Å². The highest BCUT2D eigenvalue weighted by molar-refractivity contribution is 5.94. The van der Waals surface area contributed by atoms with Crippen LogP contribution >= 0.6 is 0 Å². The van der Waals surface area contributed by atoms with Gasteiger partial charge in [0.2, 0.25) is 5.91 Å². The van der Waals surface area contributed by atoms with Gasteiger partial charge in [0, 0.05) is 23.1 Å². The molecule has 108 valence electrons. The van der Waals surface area contributed by atoms with Crippen molar-refractivity contribution in [1.29, 1.82) is 0 Å². The van der Waals surface area contributed by atoms with Gasteiger partial charge in [-0.05, 0) is 49.2 Å². The average Bonchev–Trinajstić information content (AvgIpc) is 2.78. The second-order valence-electron chi connectivity index (χ2n) is 5.48. The zero-order chi connectivity index (χ0) is 14.8. The van der Waals surface area contributed by atoms with E-state index in [0.717, 1.165) is 17.8 Å². The number of hydrogen-bond acceptors (Lipinski definition) is 3. The smallest absolute Gasteiger partial charge is 0.243 e. The van der Waals surface area contributed by atoms with Gasteiger partial charge in [-0.15, -0.1) is 0 Å². The molecule has 1 amide bonds. The molecule has 2 aromatic carbocycles. The van der Waals surface area contributed by atoms with E-state index in [2.05, 4.69) is 29.3 Å². The molecule has 2 aromatic rings. The van der Waals surface area contributed by atoms with Crippen molar-refractivity contribution in [2.75, 3.05) is 22.5 Å². The second kappa shape index (κ2) is 5.48. The summed E-state index contributed by atoms with van der Waals surface area (Å²) in [5.74, 6) is -0.0108. The molecule has 0 aliphatic carbocycles. The van der Waals surface area contributed by atoms with Gasteiger partial charge >= 0.3 is 0 Å². The summed E-state index contributed by atoms with van der Waals surface area (Å²) in [6.07, 6.45) is 0.991. The molecule has 1 unspecified atom stereocenters. The highest BCUT2D eigenvalue weighted by Crippen LogP contribution is 2.31. The van der Waals surface area contributed by atoms with Crippen molar-refractivity contribution in [3.63, 3.8) is 0 Å². The Morgan fingerprint density at radius 2 is 1.95 bits per heavy atom. The third-order valence-electron chi connectivity index (χ3n) is 3.86. The normalized spacial score (nSPS) is 16.6. The van der Waals surface area contributed by atoms with Gasteiger partial charge in [-0.2, -0.15) is 0 Å². The highest BCUT2D eigenvalue weighted by atomic mass is 16.2. The first-order valence-corrected chi connectivity index (χ1v) is 7.13. The Morgan fingerprint density at radius 1 is 1.24 bits per heavy atom. The van der Waals surface area contributed by atoms with Crippen LogP contribution in [0.15, 0.2) is 48.5 Å². The lowest BCUT2D eigenvalue weighted by molar-refractivity contribution is -0.115. The fourth-order valence-corrected chi connectivity index (χ4v) is 2.79. The van der Waals surface area contributed by atoms with Gasteiger partial charge in [-0.25, -0.2) is 0 Å². The molecule has 4 nitrogen and oxygen atoms in total. The van der Waals surface area contributed by atoms with Crippen LogP contribution in [0.1, 0.15) is 12.5 Å². The number of carbonyl (C=O) groups excluding carboxylic acids is 1. The molecule has 0 bridgehead atoms. The monoisotopic (exact) mass is 281 g/mol. The van der Waals surface area contributed by atoms with Crippen LogP contribution in [0.25, 0.3) is 0 Å². The number of nitrogen functional groups attached to an aromatic ring is 1. The van der Waals surface area contributed by atoms with Crippen LogP contribution in [0, 0.1) is 0 Å². The van der Waals surface area contributed by atoms with Crippen LogP contribution in [-0.2, 0) is 11.2 Å². The Balaban J connectivity index is 1.69. The molecule has 0 radical (unpaired) electrons. The fraction of sp³-hybridized carbons (Fsp3) is 0.235. The quantitative estimate of drug-likeness (QED) is 0.850. The highest BCUT2D eigenvalue weighted by Gasteiger charge is 2.26. The third kappa shape index (κ3) is 2.84. The number of benzene rings is 2. The maximum Gasteiger partial charge on any atom is 0.243 e. The number of fused-ring (bicyclic) bond motifs is 1. The van der Waals surface area contributed by atoms with E-state index in [0.29, 0.717) is 18.3 Å². The van der Waals surface area contributed by atoms with E-state index in [1.807, 2.05) is 24.3 Å². The van der Waals surface area contributed by atoms with Crippen LogP contribution in [0.2, 0.25) is 0 Å². The summed E-state index contributed by atoms with van der Waals surface area (Å²) in [7, 11) is 0. The van der Waals surface area contributed by atoms with Crippen molar-refractivity contribution in [2.24, 2.45) is 0 Å². The maximum atomic E-state index is 12.2. The molecule has 0 fully saturated rings. The maximum absolute atomic E-state index is 12.2. The number of nitrogens with one attached hydrogen (secondary N) is 1. The molecule has 1 atom stereocenters. The van der Waals surface area contributed by atoms with E-state index in [1.54, 1.807) is 12.1 Å². The third-order valence-corrected chi connectivity index (χ3v) is 3.86. The molecule has 4 heteroatoms. The van der Waals surface area contributed by atoms with E-state index in [-0.39, 0.29) is 5.91 Å². The van der Waals surface area contributed by atoms with Crippen molar-refractivity contribution in [1.82, 2.24) is 0 Å². The summed E-state index contributed by atoms with van der Waals surface area (Å²) < 4.78 is 0. The average molecular weight is 281 g/mol. The van der Waals surface area contributed by atoms with Crippen LogP contribution < -0.4 is 16.0 Å². The largest absolute Gasteiger partial charge is 0.399 e. The van der Waals surface area contributed by atoms with E-state index >= 15 is 0 Å². The van der Waals surface area contributed by atoms with Crippen LogP contribution in [0.5, 0.6) is 0 Å². The predicted octanol–water partition coefficient (Wildman–Crippen LogP) is 2.66. The zero-order valence-corrected chi connectivity index (χ0v) is 12.0. The number of rotatable bonds is 3. The summed E-state index contributed by atoms with van der Waals surface area (Å²) in [6.45, 7) is 2.51. The fourth-order valence-electron chi connectivity index (χ4n) is 2.79. The van der Waals surface area contributed by atoms with E-state index in [1.165, 1.54) is 5.56 Å². The van der Waals surface area contributed by atoms with Gasteiger partial charge in [0.25, 0.3) is 0 Å². The number of anilines is 3. The molecule has 0 spiro atoms. The van der Waals surface area contributed by atoms with Gasteiger partial charge in [0.15, 0.2) is 0 Å². The number of nitrogens with zero attached hydrogens (tertiary/aromatic N) is 1. The molecular formula is C17H19N3O. The Hall–Kier alpha value is -2.49. The molecule has 21 heavy (non-hydrogen) atoms. The van der Waals surface area contributed by atoms with Crippen molar-refractivity contribution in [3.8, 4) is 0 Å². The minimum absolute atomic E-state index is 0.0108. The summed E-state index contributed by atoms with van der Waals surface area (Å²) in [4.78, 5) is 14.4. The minimum atomic E-state index is -0.0108. The lowest BCUT2D eigenvalue weighted by Gasteiger charge is -2.24. The number of amides is 1. The second-order valence-corrected chi connectivity index (χ2v) is 5.48. The molecular weight excluding hydrogens is 262 g/mol.